The Labute approximate surface area is 184 Å². The van der Waals surface area contributed by atoms with Gasteiger partial charge in [-0.25, -0.2) is 0 Å². The summed E-state index contributed by atoms with van der Waals surface area (Å²) in [6, 6.07) is 4.27. The predicted octanol–water partition coefficient (Wildman–Crippen LogP) is 6.27. The fraction of sp³-hybridized carbons (Fsp3) is 0.412. The minimum absolute atomic E-state index is 0.414. The Morgan fingerprint density at radius 1 is 0.647 bits per heavy atom. The van der Waals surface area contributed by atoms with Gasteiger partial charge in [0.05, 0.1) is 0 Å². The lowest BCUT2D eigenvalue weighted by Crippen LogP contribution is -2.70. The van der Waals surface area contributed by atoms with Gasteiger partial charge >= 0.3 is 35.8 Å². The molecular formula is C17H6ClF13O3. The standard InChI is InChI=1S/C17H6ClF13O3/c18-8-9(32)6-3-1-2-4-7(6)10(33)11(8)34-5-12(19,20)13(21,22)14(23,24)15(25,26)16(27,28)17(29,30)31/h1-4H,5H2. The van der Waals surface area contributed by atoms with Gasteiger partial charge in [0.25, 0.3) is 0 Å². The minimum Gasteiger partial charge on any atom is -0.481 e. The molecule has 0 heterocycles. The van der Waals surface area contributed by atoms with Gasteiger partial charge in [0, 0.05) is 11.1 Å². The van der Waals surface area contributed by atoms with E-state index in [0.29, 0.717) is 0 Å². The Bertz CT molecular complexity index is 1040. The Hall–Kier alpha value is -2.52. The van der Waals surface area contributed by atoms with Crippen molar-refractivity contribution in [1.29, 1.82) is 0 Å². The van der Waals surface area contributed by atoms with Gasteiger partial charge in [-0.1, -0.05) is 35.9 Å². The van der Waals surface area contributed by atoms with Gasteiger partial charge < -0.3 is 4.74 Å². The van der Waals surface area contributed by atoms with Crippen LogP contribution in [-0.4, -0.2) is 54.0 Å². The first-order valence-electron chi connectivity index (χ1n) is 8.23. The van der Waals surface area contributed by atoms with Gasteiger partial charge in [0.2, 0.25) is 11.6 Å². The van der Waals surface area contributed by atoms with Crippen molar-refractivity contribution in [3.05, 3.63) is 46.2 Å². The molecule has 0 aliphatic heterocycles. The fourth-order valence-electron chi connectivity index (χ4n) is 2.51. The van der Waals surface area contributed by atoms with E-state index >= 15 is 0 Å². The third-order valence-corrected chi connectivity index (χ3v) is 4.76. The van der Waals surface area contributed by atoms with E-state index in [1.54, 1.807) is 0 Å². The number of rotatable bonds is 7. The molecule has 0 radical (unpaired) electrons. The molecule has 0 spiro atoms. The van der Waals surface area contributed by atoms with Crippen molar-refractivity contribution < 1.29 is 71.4 Å². The van der Waals surface area contributed by atoms with Crippen molar-refractivity contribution in [2.75, 3.05) is 6.61 Å². The summed E-state index contributed by atoms with van der Waals surface area (Å²) in [5, 5.41) is -1.32. The van der Waals surface area contributed by atoms with E-state index in [0.717, 1.165) is 18.2 Å². The van der Waals surface area contributed by atoms with E-state index in [9.17, 15) is 66.7 Å². The Morgan fingerprint density at radius 2 is 1.06 bits per heavy atom. The smallest absolute Gasteiger partial charge is 0.460 e. The molecule has 34 heavy (non-hydrogen) atoms. The van der Waals surface area contributed by atoms with E-state index in [1.807, 2.05) is 0 Å². The quantitative estimate of drug-likeness (QED) is 0.383. The maximum atomic E-state index is 13.8. The van der Waals surface area contributed by atoms with Crippen LogP contribution >= 0.6 is 11.6 Å². The number of ketones is 2. The summed E-state index contributed by atoms with van der Waals surface area (Å²) in [5.74, 6) is -42.6. The number of fused-ring (bicyclic) bond motifs is 1. The van der Waals surface area contributed by atoms with Gasteiger partial charge in [0.1, 0.15) is 5.03 Å². The molecule has 0 bridgehead atoms. The zero-order valence-electron chi connectivity index (χ0n) is 15.5. The van der Waals surface area contributed by atoms with Crippen molar-refractivity contribution in [2.24, 2.45) is 0 Å². The van der Waals surface area contributed by atoms with Crippen LogP contribution in [0.25, 0.3) is 0 Å². The summed E-state index contributed by atoms with van der Waals surface area (Å²) in [7, 11) is 0. The van der Waals surface area contributed by atoms with Crippen molar-refractivity contribution in [3.8, 4) is 0 Å². The summed E-state index contributed by atoms with van der Waals surface area (Å²) < 4.78 is 174. The number of Topliss-reactive ketones (excluding diaryl/α,β-unsaturated/α-hetero) is 2. The number of halogens is 14. The normalized spacial score (nSPS) is 16.6. The number of carbonyl (C=O) groups excluding carboxylic acids is 2. The van der Waals surface area contributed by atoms with E-state index in [2.05, 4.69) is 4.74 Å². The maximum absolute atomic E-state index is 13.8. The van der Waals surface area contributed by atoms with Crippen molar-refractivity contribution in [1.82, 2.24) is 0 Å². The second-order valence-electron chi connectivity index (χ2n) is 6.64. The van der Waals surface area contributed by atoms with Gasteiger partial charge in [0.15, 0.2) is 12.4 Å². The molecule has 0 amide bonds. The second-order valence-corrected chi connectivity index (χ2v) is 7.01. The van der Waals surface area contributed by atoms with Crippen LogP contribution in [0.4, 0.5) is 57.1 Å². The van der Waals surface area contributed by atoms with Crippen LogP contribution in [0.3, 0.4) is 0 Å². The maximum Gasteiger partial charge on any atom is 0.460 e. The van der Waals surface area contributed by atoms with Crippen LogP contribution in [-0.2, 0) is 4.74 Å². The number of alkyl halides is 13. The molecule has 0 saturated carbocycles. The SMILES string of the molecule is O=C1C(Cl)=C(OCC(F)(F)C(F)(F)C(F)(F)C(F)(F)C(F)(F)C(F)(F)F)C(=O)c2ccccc21. The third-order valence-electron chi connectivity index (χ3n) is 4.42. The molecule has 3 nitrogen and oxygen atoms in total. The molecule has 1 aliphatic rings. The fourth-order valence-corrected chi connectivity index (χ4v) is 2.75. The van der Waals surface area contributed by atoms with Crippen LogP contribution < -0.4 is 0 Å². The summed E-state index contributed by atoms with van der Waals surface area (Å²) in [4.78, 5) is 24.2. The second kappa shape index (κ2) is 8.02. The first kappa shape index (κ1) is 27.7. The first-order valence-corrected chi connectivity index (χ1v) is 8.61. The molecule has 1 aliphatic carbocycles. The highest BCUT2D eigenvalue weighted by atomic mass is 35.5. The number of hydrogen-bond acceptors (Lipinski definition) is 3. The Morgan fingerprint density at radius 3 is 1.50 bits per heavy atom. The van der Waals surface area contributed by atoms with Gasteiger partial charge in [-0.15, -0.1) is 0 Å². The van der Waals surface area contributed by atoms with Crippen molar-refractivity contribution in [2.45, 2.75) is 35.8 Å². The number of hydrogen-bond donors (Lipinski definition) is 0. The summed E-state index contributed by atoms with van der Waals surface area (Å²) in [6.45, 7) is -3.16. The largest absolute Gasteiger partial charge is 0.481 e. The molecule has 0 N–H and O–H groups in total. The summed E-state index contributed by atoms with van der Waals surface area (Å²) in [6.07, 6.45) is -7.54. The van der Waals surface area contributed by atoms with E-state index in [1.165, 1.54) is 6.07 Å². The zero-order chi connectivity index (χ0) is 26.7. The number of carbonyl (C=O) groups is 2. The van der Waals surface area contributed by atoms with E-state index in [4.69, 9.17) is 11.6 Å². The van der Waals surface area contributed by atoms with Crippen molar-refractivity contribution in [3.63, 3.8) is 0 Å². The molecule has 0 saturated heterocycles. The number of benzene rings is 1. The third kappa shape index (κ3) is 3.79. The van der Waals surface area contributed by atoms with E-state index < -0.39 is 75.9 Å². The predicted molar refractivity (Wildman–Crippen MR) is 84.7 cm³/mol. The molecule has 0 aromatic heterocycles. The highest BCUT2D eigenvalue weighted by molar-refractivity contribution is 6.49. The average molecular weight is 541 g/mol. The summed E-state index contributed by atoms with van der Waals surface area (Å²) >= 11 is 5.43. The average Bonchev–Trinajstić information content (AvgIpc) is 2.70. The molecule has 190 valence electrons. The topological polar surface area (TPSA) is 43.4 Å². The number of allylic oxidation sites excluding steroid dienone is 2. The van der Waals surface area contributed by atoms with E-state index in [-0.39, 0.29) is 0 Å². The first-order chi connectivity index (χ1) is 15.1. The van der Waals surface area contributed by atoms with Gasteiger partial charge in [-0.3, -0.25) is 9.59 Å². The molecule has 0 fully saturated rings. The highest BCUT2D eigenvalue weighted by Crippen LogP contribution is 2.60. The van der Waals surface area contributed by atoms with Gasteiger partial charge in [-0.2, -0.15) is 57.1 Å². The van der Waals surface area contributed by atoms with Crippen LogP contribution in [0.1, 0.15) is 20.7 Å². The van der Waals surface area contributed by atoms with Crippen molar-refractivity contribution >= 4 is 23.2 Å². The van der Waals surface area contributed by atoms with Crippen LogP contribution in [0.15, 0.2) is 35.1 Å². The van der Waals surface area contributed by atoms with Gasteiger partial charge in [-0.05, 0) is 0 Å². The molecule has 1 aromatic carbocycles. The molecule has 0 atom stereocenters. The molecule has 0 unspecified atom stereocenters. The highest BCUT2D eigenvalue weighted by Gasteiger charge is 2.90. The molecular weight excluding hydrogens is 535 g/mol. The zero-order valence-corrected chi connectivity index (χ0v) is 16.3. The molecule has 17 heteroatoms. The lowest BCUT2D eigenvalue weighted by molar-refractivity contribution is -0.441. The minimum atomic E-state index is -8.07. The molecule has 1 aromatic rings. The van der Waals surface area contributed by atoms with Crippen LogP contribution in [0, 0.1) is 0 Å². The summed E-state index contributed by atoms with van der Waals surface area (Å²) in [5.41, 5.74) is -0.994. The monoisotopic (exact) mass is 540 g/mol. The number of ether oxygens (including phenoxy) is 1. The van der Waals surface area contributed by atoms with Crippen LogP contribution in [0.5, 0.6) is 0 Å². The lowest BCUT2D eigenvalue weighted by atomic mass is 9.93. The Balaban J connectivity index is 2.41. The van der Waals surface area contributed by atoms with Crippen LogP contribution in [0.2, 0.25) is 0 Å². The molecule has 2 rings (SSSR count). The lowest BCUT2D eigenvalue weighted by Gasteiger charge is -2.39. The Kier molecular flexibility index (Phi) is 6.54.